The number of nitrogens with one attached hydrogen (secondary N) is 2. The van der Waals surface area contributed by atoms with Crippen LogP contribution in [0.15, 0.2) is 41.2 Å². The second-order valence-electron chi connectivity index (χ2n) is 6.68. The van der Waals surface area contributed by atoms with E-state index in [1.54, 1.807) is 22.9 Å². The van der Waals surface area contributed by atoms with E-state index in [0.29, 0.717) is 24.2 Å². The van der Waals surface area contributed by atoms with Crippen molar-refractivity contribution in [3.63, 3.8) is 0 Å². The van der Waals surface area contributed by atoms with Gasteiger partial charge < -0.3 is 10.6 Å². The van der Waals surface area contributed by atoms with Gasteiger partial charge in [0.1, 0.15) is 5.67 Å². The molecule has 2 aromatic heterocycles. The summed E-state index contributed by atoms with van der Waals surface area (Å²) in [6.45, 7) is 2.21. The van der Waals surface area contributed by atoms with Crippen molar-refractivity contribution < 1.29 is 14.0 Å². The van der Waals surface area contributed by atoms with E-state index in [1.807, 2.05) is 12.1 Å². The first-order valence-electron chi connectivity index (χ1n) is 8.38. The number of nitrogens with zero attached hydrogens (tertiary/aromatic N) is 2. The smallest absolute Gasteiger partial charge is 0.255 e. The van der Waals surface area contributed by atoms with E-state index in [0.717, 1.165) is 4.47 Å². The maximum absolute atomic E-state index is 13.4. The van der Waals surface area contributed by atoms with Crippen LogP contribution in [-0.2, 0) is 4.79 Å². The van der Waals surface area contributed by atoms with Gasteiger partial charge in [-0.2, -0.15) is 5.10 Å². The molecule has 0 bridgehead atoms. The highest BCUT2D eigenvalue weighted by Crippen LogP contribution is 2.40. The van der Waals surface area contributed by atoms with Gasteiger partial charge in [0.05, 0.1) is 17.3 Å². The Morgan fingerprint density at radius 2 is 2.08 bits per heavy atom. The average Bonchev–Trinajstić information content (AvgIpc) is 2.98. The molecule has 0 aliphatic heterocycles. The fraction of sp³-hybridized carbons (Fsp3) is 0.389. The predicted molar refractivity (Wildman–Crippen MR) is 99.6 cm³/mol. The van der Waals surface area contributed by atoms with E-state index in [2.05, 4.69) is 31.7 Å². The summed E-state index contributed by atoms with van der Waals surface area (Å²) in [5.41, 5.74) is 0.0104. The number of pyridine rings is 1. The topological polar surface area (TPSA) is 75.5 Å². The minimum absolute atomic E-state index is 0.120. The third-order valence-corrected chi connectivity index (χ3v) is 4.88. The summed E-state index contributed by atoms with van der Waals surface area (Å²) in [7, 11) is 0. The zero-order valence-electron chi connectivity index (χ0n) is 14.3. The van der Waals surface area contributed by atoms with Gasteiger partial charge in [0.15, 0.2) is 0 Å². The number of rotatable bonds is 6. The average molecular weight is 423 g/mol. The minimum atomic E-state index is -1.20. The van der Waals surface area contributed by atoms with Crippen molar-refractivity contribution in [1.29, 1.82) is 0 Å². The molecule has 0 atom stereocenters. The summed E-state index contributed by atoms with van der Waals surface area (Å²) in [5, 5.41) is 9.67. The van der Waals surface area contributed by atoms with Gasteiger partial charge in [-0.15, -0.1) is 0 Å². The lowest BCUT2D eigenvalue weighted by molar-refractivity contribution is -0.132. The van der Waals surface area contributed by atoms with Crippen LogP contribution in [0.1, 0.15) is 30.1 Å². The molecule has 6 nitrogen and oxygen atoms in total. The number of hydrogen-bond acceptors (Lipinski definition) is 3. The molecule has 1 aliphatic rings. The molecular formula is C18H20BrFN4O2. The van der Waals surface area contributed by atoms with E-state index in [4.69, 9.17) is 0 Å². The molecule has 2 N–H and O–H groups in total. The normalized spacial score (nSPS) is 22.3. The maximum atomic E-state index is 13.4. The quantitative estimate of drug-likeness (QED) is 0.702. The van der Waals surface area contributed by atoms with Crippen molar-refractivity contribution in [2.75, 3.05) is 13.1 Å². The molecule has 1 saturated carbocycles. The summed E-state index contributed by atoms with van der Waals surface area (Å²) in [6, 6.07) is 3.67. The predicted octanol–water partition coefficient (Wildman–Crippen LogP) is 2.64. The second kappa shape index (κ2) is 7.57. The molecule has 0 saturated heterocycles. The van der Waals surface area contributed by atoms with Crippen molar-refractivity contribution in [3.05, 3.63) is 46.7 Å². The van der Waals surface area contributed by atoms with Crippen molar-refractivity contribution in [1.82, 2.24) is 20.2 Å². The molecule has 0 unspecified atom stereocenters. The largest absolute Gasteiger partial charge is 0.352 e. The Labute approximate surface area is 159 Å². The van der Waals surface area contributed by atoms with E-state index >= 15 is 0 Å². The lowest BCUT2D eigenvalue weighted by Crippen LogP contribution is -2.45. The zero-order chi connectivity index (χ0) is 18.7. The molecule has 1 aliphatic carbocycles. The molecule has 0 radical (unpaired) electrons. The van der Waals surface area contributed by atoms with Crippen molar-refractivity contribution >= 4 is 33.3 Å². The molecule has 138 valence electrons. The molecule has 2 aromatic rings. The highest BCUT2D eigenvalue weighted by Gasteiger charge is 2.44. The number of fused-ring (bicyclic) bond motifs is 1. The van der Waals surface area contributed by atoms with Crippen LogP contribution in [0.4, 0.5) is 4.39 Å². The first-order valence-corrected chi connectivity index (χ1v) is 9.18. The van der Waals surface area contributed by atoms with Crippen LogP contribution in [-0.4, -0.2) is 40.2 Å². The molecule has 8 heteroatoms. The van der Waals surface area contributed by atoms with Crippen LogP contribution in [0.2, 0.25) is 0 Å². The Kier molecular flexibility index (Phi) is 5.41. The minimum Gasteiger partial charge on any atom is -0.352 e. The van der Waals surface area contributed by atoms with Crippen LogP contribution in [0.3, 0.4) is 0 Å². The number of hydrogen-bond donors (Lipinski definition) is 2. The molecular weight excluding hydrogens is 403 g/mol. The van der Waals surface area contributed by atoms with Gasteiger partial charge in [0.25, 0.3) is 5.91 Å². The highest BCUT2D eigenvalue weighted by molar-refractivity contribution is 9.10. The van der Waals surface area contributed by atoms with Crippen molar-refractivity contribution in [2.24, 2.45) is 5.92 Å². The first-order chi connectivity index (χ1) is 12.4. The molecule has 26 heavy (non-hydrogen) atoms. The van der Waals surface area contributed by atoms with Gasteiger partial charge in [-0.25, -0.2) is 8.91 Å². The van der Waals surface area contributed by atoms with Crippen molar-refractivity contribution in [2.45, 2.75) is 25.4 Å². The van der Waals surface area contributed by atoms with Gasteiger partial charge in [-0.05, 0) is 31.9 Å². The van der Waals surface area contributed by atoms with Crippen LogP contribution in [0.25, 0.3) is 5.52 Å². The lowest BCUT2D eigenvalue weighted by Gasteiger charge is -2.37. The fourth-order valence-corrected chi connectivity index (χ4v) is 3.34. The summed E-state index contributed by atoms with van der Waals surface area (Å²) in [4.78, 5) is 24.0. The maximum Gasteiger partial charge on any atom is 0.255 e. The molecule has 2 heterocycles. The lowest BCUT2D eigenvalue weighted by atomic mass is 9.73. The second-order valence-corrected chi connectivity index (χ2v) is 7.59. The third kappa shape index (κ3) is 4.30. The van der Waals surface area contributed by atoms with Gasteiger partial charge in [0.2, 0.25) is 5.91 Å². The molecule has 0 aromatic carbocycles. The standard InChI is InChI=1S/C18H20BrFN4O2/c1-18(20)9-12(10-18)16(25)21-5-2-3-6-22-17(26)14-11-23-24-7-4-13(19)8-15(14)24/h2-4,7-8,11-12H,5-6,9-10H2,1H3,(H,21,25)(H,22,26)/b3-2-. The fourth-order valence-electron chi connectivity index (χ4n) is 3.00. The molecule has 0 spiro atoms. The Morgan fingerprint density at radius 1 is 1.38 bits per heavy atom. The monoisotopic (exact) mass is 422 g/mol. The Bertz CT molecular complexity index is 854. The number of aromatic nitrogens is 2. The summed E-state index contributed by atoms with van der Waals surface area (Å²) >= 11 is 3.38. The molecule has 2 amide bonds. The van der Waals surface area contributed by atoms with Gasteiger partial charge in [0, 0.05) is 29.7 Å². The summed E-state index contributed by atoms with van der Waals surface area (Å²) in [6.07, 6.45) is 7.39. The Morgan fingerprint density at radius 3 is 2.77 bits per heavy atom. The number of carbonyl (C=O) groups excluding carboxylic acids is 2. The number of halogens is 2. The van der Waals surface area contributed by atoms with Crippen LogP contribution in [0, 0.1) is 5.92 Å². The van der Waals surface area contributed by atoms with Gasteiger partial charge in [-0.1, -0.05) is 28.1 Å². The zero-order valence-corrected chi connectivity index (χ0v) is 15.9. The third-order valence-electron chi connectivity index (χ3n) is 4.38. The summed E-state index contributed by atoms with van der Waals surface area (Å²) in [5.74, 6) is -0.567. The molecule has 3 rings (SSSR count). The first kappa shape index (κ1) is 18.6. The van der Waals surface area contributed by atoms with E-state index in [9.17, 15) is 14.0 Å². The SMILES string of the molecule is CC1(F)CC(C(=O)NC/C=C\CNC(=O)c2cnn3ccc(Br)cc23)C1. The number of amides is 2. The molecule has 1 fully saturated rings. The van der Waals surface area contributed by atoms with E-state index in [1.165, 1.54) is 13.1 Å². The highest BCUT2D eigenvalue weighted by atomic mass is 79.9. The van der Waals surface area contributed by atoms with Crippen LogP contribution in [0.5, 0.6) is 0 Å². The van der Waals surface area contributed by atoms with Crippen molar-refractivity contribution in [3.8, 4) is 0 Å². The van der Waals surface area contributed by atoms with Gasteiger partial charge >= 0.3 is 0 Å². The van der Waals surface area contributed by atoms with Crippen LogP contribution >= 0.6 is 15.9 Å². The van der Waals surface area contributed by atoms with E-state index < -0.39 is 5.67 Å². The Hall–Kier alpha value is -2.22. The number of carbonyl (C=O) groups is 2. The van der Waals surface area contributed by atoms with Crippen LogP contribution < -0.4 is 10.6 Å². The van der Waals surface area contributed by atoms with Gasteiger partial charge in [-0.3, -0.25) is 9.59 Å². The summed E-state index contributed by atoms with van der Waals surface area (Å²) < 4.78 is 15.9. The van der Waals surface area contributed by atoms with E-state index in [-0.39, 0.29) is 30.6 Å². The Balaban J connectivity index is 1.41. The number of alkyl halides is 1.